The summed E-state index contributed by atoms with van der Waals surface area (Å²) in [7, 11) is 1.52. The molecule has 4 heterocycles. The van der Waals surface area contributed by atoms with Crippen molar-refractivity contribution in [3.63, 3.8) is 0 Å². The van der Waals surface area contributed by atoms with Crippen LogP contribution in [0.15, 0.2) is 108 Å². The molecule has 0 aromatic heterocycles. The zero-order chi connectivity index (χ0) is 47.4. The molecule has 2 saturated heterocycles. The van der Waals surface area contributed by atoms with Crippen molar-refractivity contribution in [2.75, 3.05) is 20.3 Å². The zero-order valence-electron chi connectivity index (χ0n) is 36.3. The van der Waals surface area contributed by atoms with E-state index in [0.717, 1.165) is 29.2 Å². The van der Waals surface area contributed by atoms with Gasteiger partial charge in [-0.2, -0.15) is 0 Å². The van der Waals surface area contributed by atoms with Crippen LogP contribution >= 0.6 is 0 Å². The van der Waals surface area contributed by atoms with Crippen LogP contribution in [0.1, 0.15) is 66.4 Å². The van der Waals surface area contributed by atoms with Crippen molar-refractivity contribution in [2.45, 2.75) is 88.3 Å². The predicted octanol–water partition coefficient (Wildman–Crippen LogP) is 4.13. The highest BCUT2D eigenvalue weighted by Crippen LogP contribution is 2.40. The summed E-state index contributed by atoms with van der Waals surface area (Å²) in [6, 6.07) is 24.4. The molecule has 0 saturated carbocycles. The second-order valence-electron chi connectivity index (χ2n) is 15.9. The zero-order valence-corrected chi connectivity index (χ0v) is 36.3. The van der Waals surface area contributed by atoms with E-state index in [1.54, 1.807) is 60.7 Å². The number of hydrogen-bond acceptors (Lipinski definition) is 16. The summed E-state index contributed by atoms with van der Waals surface area (Å²) in [5.41, 5.74) is 11.2. The van der Waals surface area contributed by atoms with Gasteiger partial charge < -0.3 is 43.0 Å². The minimum absolute atomic E-state index is 0.00100. The number of carbonyl (C=O) groups excluding carboxylic acids is 6. The fourth-order valence-corrected chi connectivity index (χ4v) is 8.71. The number of esters is 2. The standard InChI is InChI=1S/C47H45N5O15/c1-25(53)63-40-35(24-61-21-27-11-5-4-6-12-27)66-47(37(41(40)64-26(2)54)52-45(58)32-15-9-10-16-33(32)46(52)59)67-39-34(23-62-22-28-17-19-29(60-3)20-18-28)65-42(49-50-48)36(38(39)55)51-43(56)30-13-7-8-14-31(30)44(51)57/h4-20,34-42,47,55H,21-24H2,1-3H3/t34-,35-,36-,37-,38-,39-,40-,41-,42-,47+/m1/s1. The Morgan fingerprint density at radius 2 is 1.10 bits per heavy atom. The van der Waals surface area contributed by atoms with Gasteiger partial charge in [-0.05, 0) is 53.1 Å². The SMILES string of the molecule is COc1ccc(COC[C@H]2O[C@@H](N=[N+]=[N-])[C@H](N3C(=O)c4ccccc4C3=O)[C@@H](O)[C@@H]2O[C@@H]2O[C@H](COCc3ccccc3)[C@@H](OC(C)=O)[C@H](OC(C)=O)[C@H]2N2C(=O)c3ccccc3C2=O)cc1. The Morgan fingerprint density at radius 1 is 0.642 bits per heavy atom. The Balaban J connectivity index is 1.21. The molecule has 20 heteroatoms. The minimum atomic E-state index is -1.97. The third kappa shape index (κ3) is 9.50. The molecular weight excluding hydrogens is 875 g/mol. The van der Waals surface area contributed by atoms with Gasteiger partial charge in [-0.3, -0.25) is 38.6 Å². The second kappa shape index (κ2) is 20.2. The molecule has 0 bridgehead atoms. The van der Waals surface area contributed by atoms with Gasteiger partial charge in [0.15, 0.2) is 24.7 Å². The van der Waals surface area contributed by atoms with Gasteiger partial charge in [0.1, 0.15) is 42.2 Å². The van der Waals surface area contributed by atoms with Crippen LogP contribution in [0.4, 0.5) is 0 Å². The maximum Gasteiger partial charge on any atom is 0.303 e. The summed E-state index contributed by atoms with van der Waals surface area (Å²) in [5.74, 6) is -4.47. The van der Waals surface area contributed by atoms with E-state index in [4.69, 9.17) is 37.9 Å². The summed E-state index contributed by atoms with van der Waals surface area (Å²) in [4.78, 5) is 87.0. The molecule has 20 nitrogen and oxygen atoms in total. The first-order valence-electron chi connectivity index (χ1n) is 21.2. The highest BCUT2D eigenvalue weighted by Gasteiger charge is 2.60. The van der Waals surface area contributed by atoms with Gasteiger partial charge in [-0.15, -0.1) is 0 Å². The van der Waals surface area contributed by atoms with Crippen molar-refractivity contribution < 1.29 is 71.8 Å². The number of methoxy groups -OCH3 is 1. The lowest BCUT2D eigenvalue weighted by Crippen LogP contribution is -2.70. The highest BCUT2D eigenvalue weighted by atomic mass is 16.7. The third-order valence-corrected chi connectivity index (χ3v) is 11.7. The Morgan fingerprint density at radius 3 is 1.60 bits per heavy atom. The number of nitrogens with zero attached hydrogens (tertiary/aromatic N) is 5. The van der Waals surface area contributed by atoms with Gasteiger partial charge >= 0.3 is 11.9 Å². The molecule has 0 radical (unpaired) electrons. The molecule has 8 rings (SSSR count). The van der Waals surface area contributed by atoms with Crippen LogP contribution in [-0.4, -0.2) is 132 Å². The van der Waals surface area contributed by atoms with Crippen molar-refractivity contribution in [3.05, 3.63) is 147 Å². The smallest absolute Gasteiger partial charge is 0.303 e. The number of fused-ring (bicyclic) bond motifs is 2. The first-order valence-corrected chi connectivity index (χ1v) is 21.2. The van der Waals surface area contributed by atoms with E-state index in [-0.39, 0.29) is 42.1 Å². The number of azide groups is 1. The van der Waals surface area contributed by atoms with E-state index in [2.05, 4.69) is 10.0 Å². The molecule has 67 heavy (non-hydrogen) atoms. The number of carbonyl (C=O) groups is 6. The van der Waals surface area contributed by atoms with E-state index < -0.39 is 103 Å². The maximum atomic E-state index is 14.4. The van der Waals surface area contributed by atoms with Crippen molar-refractivity contribution in [1.82, 2.24) is 9.80 Å². The van der Waals surface area contributed by atoms with Gasteiger partial charge in [-0.25, -0.2) is 0 Å². The second-order valence-corrected chi connectivity index (χ2v) is 15.9. The molecule has 4 aliphatic rings. The van der Waals surface area contributed by atoms with Crippen LogP contribution in [0.2, 0.25) is 0 Å². The number of hydrogen-bond donors (Lipinski definition) is 1. The van der Waals surface area contributed by atoms with Crippen molar-refractivity contribution >= 4 is 35.6 Å². The van der Waals surface area contributed by atoms with Gasteiger partial charge in [0.2, 0.25) is 0 Å². The van der Waals surface area contributed by atoms with Crippen LogP contribution in [-0.2, 0) is 56.0 Å². The number of imide groups is 2. The fourth-order valence-electron chi connectivity index (χ4n) is 8.71. The maximum absolute atomic E-state index is 14.4. The van der Waals surface area contributed by atoms with E-state index in [9.17, 15) is 39.4 Å². The van der Waals surface area contributed by atoms with E-state index in [0.29, 0.717) is 11.3 Å². The number of ether oxygens (including phenoxy) is 8. The molecule has 4 aromatic rings. The van der Waals surface area contributed by atoms with Gasteiger partial charge in [-0.1, -0.05) is 71.8 Å². The normalized spacial score (nSPS) is 26.7. The van der Waals surface area contributed by atoms with Crippen LogP contribution in [0.25, 0.3) is 10.4 Å². The Bertz CT molecular complexity index is 2500. The highest BCUT2D eigenvalue weighted by molar-refractivity contribution is 6.22. The summed E-state index contributed by atoms with van der Waals surface area (Å²) in [6.07, 6.45) is -13.3. The Labute approximate surface area is 382 Å². The quantitative estimate of drug-likeness (QED) is 0.0545. The predicted molar refractivity (Wildman–Crippen MR) is 229 cm³/mol. The van der Waals surface area contributed by atoms with E-state index >= 15 is 0 Å². The average molecular weight is 920 g/mol. The first-order chi connectivity index (χ1) is 32.4. The molecular formula is C47H45N5O15. The average Bonchev–Trinajstić information content (AvgIpc) is 3.72. The third-order valence-electron chi connectivity index (χ3n) is 11.7. The van der Waals surface area contributed by atoms with Crippen LogP contribution in [0, 0.1) is 0 Å². The lowest BCUT2D eigenvalue weighted by atomic mass is 9.92. The fraction of sp³-hybridized carbons (Fsp3) is 0.362. The lowest BCUT2D eigenvalue weighted by Gasteiger charge is -2.50. The molecule has 4 aromatic carbocycles. The number of aliphatic hydroxyl groups excluding tert-OH is 1. The Hall–Kier alpha value is -7.03. The number of rotatable bonds is 16. The van der Waals surface area contributed by atoms with E-state index in [1.807, 2.05) is 18.2 Å². The summed E-state index contributed by atoms with van der Waals surface area (Å²) in [5, 5.41) is 16.4. The molecule has 1 N–H and O–H groups in total. The molecule has 0 unspecified atom stereocenters. The van der Waals surface area contributed by atoms with Gasteiger partial charge in [0.25, 0.3) is 23.6 Å². The lowest BCUT2D eigenvalue weighted by molar-refractivity contribution is -0.326. The molecule has 4 aliphatic heterocycles. The Kier molecular flexibility index (Phi) is 14.0. The van der Waals surface area contributed by atoms with Crippen LogP contribution in [0.3, 0.4) is 0 Å². The summed E-state index contributed by atoms with van der Waals surface area (Å²) in [6.45, 7) is 1.49. The van der Waals surface area contributed by atoms with Crippen LogP contribution in [0.5, 0.6) is 5.75 Å². The summed E-state index contributed by atoms with van der Waals surface area (Å²) < 4.78 is 48.7. The number of aliphatic hydroxyl groups is 1. The largest absolute Gasteiger partial charge is 0.497 e. The minimum Gasteiger partial charge on any atom is -0.497 e. The van der Waals surface area contributed by atoms with Crippen molar-refractivity contribution in [1.29, 1.82) is 0 Å². The summed E-state index contributed by atoms with van der Waals surface area (Å²) >= 11 is 0. The molecule has 348 valence electrons. The molecule has 0 spiro atoms. The monoisotopic (exact) mass is 919 g/mol. The first kappa shape index (κ1) is 46.5. The molecule has 4 amide bonds. The van der Waals surface area contributed by atoms with Crippen molar-refractivity contribution in [3.8, 4) is 5.75 Å². The molecule has 10 atom stereocenters. The topological polar surface area (TPSA) is 252 Å². The molecule has 2 fully saturated rings. The number of benzene rings is 4. The van der Waals surface area contributed by atoms with Gasteiger partial charge in [0.05, 0.1) is 55.8 Å². The number of amides is 4. The van der Waals surface area contributed by atoms with E-state index in [1.165, 1.54) is 31.4 Å². The van der Waals surface area contributed by atoms with Gasteiger partial charge in [0, 0.05) is 18.8 Å². The molecule has 0 aliphatic carbocycles. The van der Waals surface area contributed by atoms with Crippen molar-refractivity contribution in [2.24, 2.45) is 5.11 Å². The van der Waals surface area contributed by atoms with Crippen LogP contribution < -0.4 is 4.74 Å².